The summed E-state index contributed by atoms with van der Waals surface area (Å²) in [7, 11) is 0. The molecule has 2 rings (SSSR count). The number of halogens is 1. The number of benzene rings is 1. The number of nitrogen functional groups attached to an aromatic ring is 1. The molecule has 1 fully saturated rings. The molecule has 1 aliphatic carbocycles. The third-order valence-electron chi connectivity index (χ3n) is 4.57. The average molecular weight is 353 g/mol. The Hall–Kier alpha value is -1.03. The predicted molar refractivity (Wildman–Crippen MR) is 92.1 cm³/mol. The highest BCUT2D eigenvalue weighted by atomic mass is 79.9. The summed E-state index contributed by atoms with van der Waals surface area (Å²) in [6.45, 7) is 6.88. The summed E-state index contributed by atoms with van der Waals surface area (Å²) in [6.07, 6.45) is 4.24. The van der Waals surface area contributed by atoms with Crippen molar-refractivity contribution < 1.29 is 4.79 Å². The topological polar surface area (TPSA) is 55.1 Å². The van der Waals surface area contributed by atoms with Gasteiger partial charge in [-0.25, -0.2) is 0 Å². The van der Waals surface area contributed by atoms with Crippen LogP contribution in [0.2, 0.25) is 0 Å². The Morgan fingerprint density at radius 1 is 1.24 bits per heavy atom. The van der Waals surface area contributed by atoms with E-state index in [0.717, 1.165) is 41.8 Å². The maximum atomic E-state index is 12.4. The van der Waals surface area contributed by atoms with Crippen molar-refractivity contribution in [2.45, 2.75) is 46.5 Å². The lowest BCUT2D eigenvalue weighted by Crippen LogP contribution is -2.31. The molecule has 3 N–H and O–H groups in total. The zero-order valence-electron chi connectivity index (χ0n) is 13.1. The van der Waals surface area contributed by atoms with E-state index in [0.29, 0.717) is 11.1 Å². The van der Waals surface area contributed by atoms with E-state index in [-0.39, 0.29) is 11.8 Å². The van der Waals surface area contributed by atoms with E-state index < -0.39 is 0 Å². The van der Waals surface area contributed by atoms with Crippen LogP contribution in [0.1, 0.15) is 46.5 Å². The number of hydrogen-bond donors (Lipinski definition) is 2. The van der Waals surface area contributed by atoms with Crippen molar-refractivity contribution in [3.8, 4) is 0 Å². The first-order valence-corrected chi connectivity index (χ1v) is 8.42. The fourth-order valence-corrected chi connectivity index (χ4v) is 3.44. The van der Waals surface area contributed by atoms with Gasteiger partial charge < -0.3 is 11.1 Å². The summed E-state index contributed by atoms with van der Waals surface area (Å²) in [6, 6.07) is 5.47. The van der Waals surface area contributed by atoms with E-state index in [1.165, 1.54) is 0 Å². The predicted octanol–water partition coefficient (Wildman–Crippen LogP) is 4.82. The second-order valence-corrected chi connectivity index (χ2v) is 8.00. The molecule has 21 heavy (non-hydrogen) atoms. The number of nitrogens with one attached hydrogen (secondary N) is 1. The number of hydrogen-bond acceptors (Lipinski definition) is 2. The molecule has 1 aliphatic rings. The minimum atomic E-state index is 0.119. The summed E-state index contributed by atoms with van der Waals surface area (Å²) in [5.41, 5.74) is 7.54. The highest BCUT2D eigenvalue weighted by molar-refractivity contribution is 9.10. The Morgan fingerprint density at radius 3 is 2.43 bits per heavy atom. The van der Waals surface area contributed by atoms with Gasteiger partial charge in [0, 0.05) is 16.1 Å². The van der Waals surface area contributed by atoms with Gasteiger partial charge in [-0.3, -0.25) is 4.79 Å². The van der Waals surface area contributed by atoms with Crippen LogP contribution in [0.3, 0.4) is 0 Å². The molecule has 0 aromatic heterocycles. The molecule has 0 aliphatic heterocycles. The summed E-state index contributed by atoms with van der Waals surface area (Å²) < 4.78 is 0.869. The van der Waals surface area contributed by atoms with Crippen molar-refractivity contribution in [3.63, 3.8) is 0 Å². The molecule has 0 bridgehead atoms. The minimum Gasteiger partial charge on any atom is -0.399 e. The maximum absolute atomic E-state index is 12.4. The third kappa shape index (κ3) is 4.22. The van der Waals surface area contributed by atoms with Gasteiger partial charge in [0.2, 0.25) is 5.91 Å². The minimum absolute atomic E-state index is 0.119. The van der Waals surface area contributed by atoms with Crippen LogP contribution in [-0.4, -0.2) is 5.91 Å². The normalized spacial score (nSPS) is 22.9. The fourth-order valence-electron chi connectivity index (χ4n) is 3.10. The molecule has 0 spiro atoms. The van der Waals surface area contributed by atoms with Crippen molar-refractivity contribution in [1.29, 1.82) is 0 Å². The SMILES string of the molecule is CC(C)(C)C1CCC(C(=O)Nc2cc(N)ccc2Br)CC1. The first-order valence-electron chi connectivity index (χ1n) is 7.63. The zero-order valence-corrected chi connectivity index (χ0v) is 14.7. The highest BCUT2D eigenvalue weighted by Crippen LogP contribution is 2.40. The van der Waals surface area contributed by atoms with Crippen LogP contribution in [0.25, 0.3) is 0 Å². The van der Waals surface area contributed by atoms with E-state index in [9.17, 15) is 4.79 Å². The van der Waals surface area contributed by atoms with Gasteiger partial charge >= 0.3 is 0 Å². The Balaban J connectivity index is 1.95. The van der Waals surface area contributed by atoms with Gasteiger partial charge in [-0.15, -0.1) is 0 Å². The summed E-state index contributed by atoms with van der Waals surface area (Å²) in [5.74, 6) is 0.964. The molecule has 0 radical (unpaired) electrons. The number of amides is 1. The highest BCUT2D eigenvalue weighted by Gasteiger charge is 2.32. The molecule has 0 saturated heterocycles. The van der Waals surface area contributed by atoms with Crippen LogP contribution in [0.15, 0.2) is 22.7 Å². The van der Waals surface area contributed by atoms with Crippen molar-refractivity contribution >= 4 is 33.2 Å². The van der Waals surface area contributed by atoms with Gasteiger partial charge in [-0.1, -0.05) is 20.8 Å². The van der Waals surface area contributed by atoms with Crippen LogP contribution in [0.4, 0.5) is 11.4 Å². The molecular formula is C17H25BrN2O. The number of anilines is 2. The van der Waals surface area contributed by atoms with Gasteiger partial charge in [0.15, 0.2) is 0 Å². The smallest absolute Gasteiger partial charge is 0.227 e. The van der Waals surface area contributed by atoms with Crippen LogP contribution >= 0.6 is 15.9 Å². The molecule has 116 valence electrons. The van der Waals surface area contributed by atoms with Crippen LogP contribution in [-0.2, 0) is 4.79 Å². The van der Waals surface area contributed by atoms with Crippen molar-refractivity contribution in [2.24, 2.45) is 17.3 Å². The molecule has 0 unspecified atom stereocenters. The van der Waals surface area contributed by atoms with Gasteiger partial charge in [-0.05, 0) is 71.1 Å². The Morgan fingerprint density at radius 2 is 1.86 bits per heavy atom. The van der Waals surface area contributed by atoms with E-state index in [4.69, 9.17) is 5.73 Å². The van der Waals surface area contributed by atoms with E-state index >= 15 is 0 Å². The molecule has 1 aromatic carbocycles. The number of carbonyl (C=O) groups excluding carboxylic acids is 1. The average Bonchev–Trinajstić information content (AvgIpc) is 2.42. The van der Waals surface area contributed by atoms with E-state index in [2.05, 4.69) is 42.0 Å². The van der Waals surface area contributed by atoms with Crippen LogP contribution in [0, 0.1) is 17.3 Å². The van der Waals surface area contributed by atoms with Crippen LogP contribution < -0.4 is 11.1 Å². The molecule has 1 amide bonds. The molecule has 3 nitrogen and oxygen atoms in total. The lowest BCUT2D eigenvalue weighted by Gasteiger charge is -2.36. The van der Waals surface area contributed by atoms with Gasteiger partial charge in [-0.2, -0.15) is 0 Å². The molecule has 0 atom stereocenters. The number of carbonyl (C=O) groups is 1. The molecule has 1 aromatic rings. The third-order valence-corrected chi connectivity index (χ3v) is 5.26. The Kier molecular flexibility index (Phi) is 4.97. The first kappa shape index (κ1) is 16.3. The maximum Gasteiger partial charge on any atom is 0.227 e. The summed E-state index contributed by atoms with van der Waals surface area (Å²) in [5, 5.41) is 3.01. The lowest BCUT2D eigenvalue weighted by atomic mass is 9.69. The number of nitrogens with two attached hydrogens (primary N) is 1. The lowest BCUT2D eigenvalue weighted by molar-refractivity contribution is -0.121. The van der Waals surface area contributed by atoms with Crippen molar-refractivity contribution in [2.75, 3.05) is 11.1 Å². The van der Waals surface area contributed by atoms with E-state index in [1.54, 1.807) is 6.07 Å². The summed E-state index contributed by atoms with van der Waals surface area (Å²) in [4.78, 5) is 12.4. The summed E-state index contributed by atoms with van der Waals surface area (Å²) >= 11 is 3.45. The van der Waals surface area contributed by atoms with Crippen molar-refractivity contribution in [1.82, 2.24) is 0 Å². The standard InChI is InChI=1S/C17H25BrN2O/c1-17(2,3)12-6-4-11(5-7-12)16(21)20-15-10-13(19)8-9-14(15)18/h8-12H,4-7,19H2,1-3H3,(H,20,21). The van der Waals surface area contributed by atoms with Gasteiger partial charge in [0.05, 0.1) is 5.69 Å². The van der Waals surface area contributed by atoms with Gasteiger partial charge in [0.1, 0.15) is 0 Å². The van der Waals surface area contributed by atoms with Crippen molar-refractivity contribution in [3.05, 3.63) is 22.7 Å². The molecule has 0 heterocycles. The van der Waals surface area contributed by atoms with E-state index in [1.807, 2.05) is 12.1 Å². The second kappa shape index (κ2) is 6.39. The largest absolute Gasteiger partial charge is 0.399 e. The fraction of sp³-hybridized carbons (Fsp3) is 0.588. The quantitative estimate of drug-likeness (QED) is 0.749. The Bertz CT molecular complexity index is 514. The Labute approximate surface area is 135 Å². The molecule has 4 heteroatoms. The van der Waals surface area contributed by atoms with Crippen LogP contribution in [0.5, 0.6) is 0 Å². The molecular weight excluding hydrogens is 328 g/mol. The second-order valence-electron chi connectivity index (χ2n) is 7.14. The monoisotopic (exact) mass is 352 g/mol. The van der Waals surface area contributed by atoms with Gasteiger partial charge in [0.25, 0.3) is 0 Å². The molecule has 1 saturated carbocycles. The first-order chi connectivity index (χ1) is 9.77. The number of rotatable bonds is 2. The zero-order chi connectivity index (χ0) is 15.6.